The summed E-state index contributed by atoms with van der Waals surface area (Å²) in [4.78, 5) is 8.94. The minimum Gasteiger partial charge on any atom is -0.355 e. The minimum atomic E-state index is 0.703. The van der Waals surface area contributed by atoms with Gasteiger partial charge in [-0.05, 0) is 49.0 Å². The SMILES string of the molecule is C=Nc1cnccc1C(=C)Nc1ccc(SN)cc1. The second-order valence-electron chi connectivity index (χ2n) is 3.80. The number of nitrogens with one attached hydrogen (secondary N) is 1. The van der Waals surface area contributed by atoms with Gasteiger partial charge in [0.05, 0.1) is 11.9 Å². The predicted molar refractivity (Wildman–Crippen MR) is 82.6 cm³/mol. The lowest BCUT2D eigenvalue weighted by molar-refractivity contribution is 1.29. The molecule has 3 N–H and O–H groups in total. The van der Waals surface area contributed by atoms with Crippen LogP contribution in [-0.4, -0.2) is 11.7 Å². The predicted octanol–water partition coefficient (Wildman–Crippen LogP) is 3.46. The number of hydrogen-bond acceptors (Lipinski definition) is 5. The standard InChI is InChI=1S/C14H14N4S/c1-10(13-7-8-17-9-14(13)16-2)18-11-3-5-12(19-15)6-4-11/h3-9,18H,1-2,15H2. The fraction of sp³-hybridized carbons (Fsp3) is 0. The number of aromatic nitrogens is 1. The molecule has 5 heteroatoms. The molecule has 0 aliphatic heterocycles. The van der Waals surface area contributed by atoms with Crippen molar-refractivity contribution in [3.63, 3.8) is 0 Å². The maximum Gasteiger partial charge on any atom is 0.0898 e. The van der Waals surface area contributed by atoms with Crippen molar-refractivity contribution in [2.24, 2.45) is 10.1 Å². The first kappa shape index (κ1) is 13.3. The van der Waals surface area contributed by atoms with Crippen molar-refractivity contribution in [2.75, 3.05) is 5.32 Å². The highest BCUT2D eigenvalue weighted by molar-refractivity contribution is 7.97. The first-order valence-electron chi connectivity index (χ1n) is 5.58. The zero-order valence-corrected chi connectivity index (χ0v) is 11.2. The summed E-state index contributed by atoms with van der Waals surface area (Å²) in [6, 6.07) is 9.63. The smallest absolute Gasteiger partial charge is 0.0898 e. The lowest BCUT2D eigenvalue weighted by Crippen LogP contribution is -1.98. The molecular formula is C14H14N4S. The normalized spacial score (nSPS) is 9.95. The second-order valence-corrected chi connectivity index (χ2v) is 4.50. The van der Waals surface area contributed by atoms with Crippen molar-refractivity contribution in [2.45, 2.75) is 4.90 Å². The van der Waals surface area contributed by atoms with E-state index in [4.69, 9.17) is 5.14 Å². The van der Waals surface area contributed by atoms with Crippen molar-refractivity contribution in [3.8, 4) is 0 Å². The molecule has 0 aliphatic carbocycles. The molecule has 0 saturated carbocycles. The average Bonchev–Trinajstić information content (AvgIpc) is 2.48. The van der Waals surface area contributed by atoms with Crippen molar-refractivity contribution < 1.29 is 0 Å². The van der Waals surface area contributed by atoms with Gasteiger partial charge in [-0.3, -0.25) is 15.1 Å². The third-order valence-corrected chi connectivity index (χ3v) is 3.13. The van der Waals surface area contributed by atoms with Crippen molar-refractivity contribution in [1.82, 2.24) is 4.98 Å². The highest BCUT2D eigenvalue weighted by Crippen LogP contribution is 2.25. The zero-order chi connectivity index (χ0) is 13.7. The quantitative estimate of drug-likeness (QED) is 0.645. The fourth-order valence-electron chi connectivity index (χ4n) is 1.63. The first-order valence-corrected chi connectivity index (χ1v) is 6.46. The average molecular weight is 270 g/mol. The lowest BCUT2D eigenvalue weighted by Gasteiger charge is -2.11. The van der Waals surface area contributed by atoms with Gasteiger partial charge >= 0.3 is 0 Å². The Morgan fingerprint density at radius 3 is 2.63 bits per heavy atom. The Morgan fingerprint density at radius 2 is 2.00 bits per heavy atom. The van der Waals surface area contributed by atoms with Crippen LogP contribution in [0, 0.1) is 0 Å². The number of benzene rings is 1. The van der Waals surface area contributed by atoms with Crippen LogP contribution in [0.4, 0.5) is 11.4 Å². The van der Waals surface area contributed by atoms with Gasteiger partial charge in [0.1, 0.15) is 0 Å². The summed E-state index contributed by atoms with van der Waals surface area (Å²) >= 11 is 1.22. The molecule has 0 amide bonds. The number of rotatable bonds is 5. The summed E-state index contributed by atoms with van der Waals surface area (Å²) in [5.41, 5.74) is 3.27. The van der Waals surface area contributed by atoms with Crippen LogP contribution in [0.1, 0.15) is 5.56 Å². The molecule has 1 aromatic heterocycles. The Balaban J connectivity index is 2.18. The molecule has 4 nitrogen and oxygen atoms in total. The maximum atomic E-state index is 5.48. The molecule has 0 atom stereocenters. The lowest BCUT2D eigenvalue weighted by atomic mass is 10.1. The van der Waals surface area contributed by atoms with Gasteiger partial charge < -0.3 is 5.32 Å². The highest BCUT2D eigenvalue weighted by atomic mass is 32.2. The van der Waals surface area contributed by atoms with Gasteiger partial charge in [-0.15, -0.1) is 0 Å². The van der Waals surface area contributed by atoms with E-state index in [2.05, 4.69) is 28.6 Å². The molecule has 19 heavy (non-hydrogen) atoms. The molecule has 0 radical (unpaired) electrons. The van der Waals surface area contributed by atoms with Gasteiger partial charge in [-0.2, -0.15) is 0 Å². The maximum absolute atomic E-state index is 5.48. The van der Waals surface area contributed by atoms with E-state index in [1.165, 1.54) is 11.9 Å². The van der Waals surface area contributed by atoms with Gasteiger partial charge in [0.2, 0.25) is 0 Å². The molecule has 0 unspecified atom stereocenters. The summed E-state index contributed by atoms with van der Waals surface area (Å²) < 4.78 is 0. The van der Waals surface area contributed by atoms with E-state index in [0.29, 0.717) is 5.69 Å². The molecule has 96 valence electrons. The molecule has 1 heterocycles. The third-order valence-electron chi connectivity index (χ3n) is 2.58. The summed E-state index contributed by atoms with van der Waals surface area (Å²) in [6.07, 6.45) is 3.36. The third kappa shape index (κ3) is 3.21. The van der Waals surface area contributed by atoms with E-state index < -0.39 is 0 Å². The molecule has 2 rings (SSSR count). The second kappa shape index (κ2) is 6.17. The van der Waals surface area contributed by atoms with E-state index >= 15 is 0 Å². The number of anilines is 1. The molecule has 1 aromatic carbocycles. The Hall–Kier alpha value is -2.11. The van der Waals surface area contributed by atoms with Crippen LogP contribution < -0.4 is 10.5 Å². The summed E-state index contributed by atoms with van der Waals surface area (Å²) in [5.74, 6) is 0. The van der Waals surface area contributed by atoms with E-state index in [1.807, 2.05) is 30.3 Å². The number of hydrogen-bond donors (Lipinski definition) is 2. The Labute approximate surface area is 116 Å². The first-order chi connectivity index (χ1) is 9.24. The zero-order valence-electron chi connectivity index (χ0n) is 10.3. The van der Waals surface area contributed by atoms with Crippen molar-refractivity contribution in [3.05, 3.63) is 54.9 Å². The van der Waals surface area contributed by atoms with Crippen LogP contribution in [0.25, 0.3) is 5.70 Å². The molecule has 2 aromatic rings. The Bertz CT molecular complexity index is 593. The summed E-state index contributed by atoms with van der Waals surface area (Å²) in [6.45, 7) is 7.54. The van der Waals surface area contributed by atoms with Gasteiger partial charge in [0.15, 0.2) is 0 Å². The van der Waals surface area contributed by atoms with Gasteiger partial charge in [-0.1, -0.05) is 6.58 Å². The van der Waals surface area contributed by atoms with Gasteiger partial charge in [0, 0.05) is 28.0 Å². The largest absolute Gasteiger partial charge is 0.355 e. The number of nitrogens with two attached hydrogens (primary N) is 1. The minimum absolute atomic E-state index is 0.703. The fourth-order valence-corrected chi connectivity index (χ4v) is 1.92. The topological polar surface area (TPSA) is 63.3 Å². The van der Waals surface area contributed by atoms with Crippen LogP contribution >= 0.6 is 11.9 Å². The van der Waals surface area contributed by atoms with Crippen molar-refractivity contribution in [1.29, 1.82) is 0 Å². The van der Waals surface area contributed by atoms with Crippen molar-refractivity contribution >= 4 is 35.7 Å². The van der Waals surface area contributed by atoms with Gasteiger partial charge in [-0.25, -0.2) is 0 Å². The van der Waals surface area contributed by atoms with E-state index in [0.717, 1.165) is 21.8 Å². The van der Waals surface area contributed by atoms with Crippen LogP contribution in [0.5, 0.6) is 0 Å². The van der Waals surface area contributed by atoms with E-state index in [-0.39, 0.29) is 0 Å². The summed E-state index contributed by atoms with van der Waals surface area (Å²) in [7, 11) is 0. The molecule has 0 spiro atoms. The van der Waals surface area contributed by atoms with E-state index in [9.17, 15) is 0 Å². The van der Waals surface area contributed by atoms with Crippen LogP contribution in [0.15, 0.2) is 59.2 Å². The van der Waals surface area contributed by atoms with Crippen LogP contribution in [0.3, 0.4) is 0 Å². The van der Waals surface area contributed by atoms with E-state index in [1.54, 1.807) is 12.4 Å². The Kier molecular flexibility index (Phi) is 4.33. The highest BCUT2D eigenvalue weighted by Gasteiger charge is 2.05. The Morgan fingerprint density at radius 1 is 1.26 bits per heavy atom. The number of aliphatic imine (C=N–C) groups is 1. The molecule has 0 aliphatic rings. The molecule has 0 saturated heterocycles. The van der Waals surface area contributed by atoms with Crippen LogP contribution in [-0.2, 0) is 0 Å². The van der Waals surface area contributed by atoms with Crippen LogP contribution in [0.2, 0.25) is 0 Å². The summed E-state index contributed by atoms with van der Waals surface area (Å²) in [5, 5.41) is 8.71. The molecule has 0 bridgehead atoms. The monoisotopic (exact) mass is 270 g/mol. The number of pyridine rings is 1. The molecular weight excluding hydrogens is 256 g/mol. The molecule has 0 fully saturated rings. The number of nitrogens with zero attached hydrogens (tertiary/aromatic N) is 2. The van der Waals surface area contributed by atoms with Gasteiger partial charge in [0.25, 0.3) is 0 Å².